The zero-order valence-corrected chi connectivity index (χ0v) is 12.3. The maximum atomic E-state index is 12.7. The molecule has 3 rings (SSSR count). The van der Waals surface area contributed by atoms with Gasteiger partial charge in [0, 0.05) is 13.6 Å². The van der Waals surface area contributed by atoms with Crippen LogP contribution in [0.2, 0.25) is 5.15 Å². The van der Waals surface area contributed by atoms with Gasteiger partial charge in [-0.1, -0.05) is 11.6 Å². The van der Waals surface area contributed by atoms with Crippen molar-refractivity contribution in [3.8, 4) is 0 Å². The number of hydrogen-bond donors (Lipinski definition) is 0. The van der Waals surface area contributed by atoms with E-state index in [-0.39, 0.29) is 29.3 Å². The van der Waals surface area contributed by atoms with Crippen LogP contribution in [-0.2, 0) is 4.74 Å². The molecule has 2 aliphatic rings. The van der Waals surface area contributed by atoms with Crippen molar-refractivity contribution in [3.05, 3.63) is 15.0 Å². The van der Waals surface area contributed by atoms with E-state index < -0.39 is 29.4 Å². The lowest BCUT2D eigenvalue weighted by molar-refractivity contribution is 0.0732. The van der Waals surface area contributed by atoms with Crippen molar-refractivity contribution in [2.45, 2.75) is 18.6 Å². The van der Waals surface area contributed by atoms with Crippen LogP contribution in [0.1, 0.15) is 21.1 Å². The largest absolute Gasteiger partial charge is 0.442 e. The molecule has 0 radical (unpaired) electrons. The predicted molar refractivity (Wildman–Crippen MR) is 69.8 cm³/mol. The number of fused-ring (bicyclic) bond motifs is 1. The lowest BCUT2D eigenvalue weighted by Crippen LogP contribution is -2.36. The molecule has 2 amide bonds. The number of rotatable bonds is 2. The van der Waals surface area contributed by atoms with Gasteiger partial charge < -0.3 is 14.5 Å². The Morgan fingerprint density at radius 3 is 2.81 bits per heavy atom. The van der Waals surface area contributed by atoms with E-state index in [0.29, 0.717) is 11.3 Å². The Kier molecular flexibility index (Phi) is 3.48. The average molecular weight is 338 g/mol. The summed E-state index contributed by atoms with van der Waals surface area (Å²) < 4.78 is 30.4. The molecule has 0 saturated carbocycles. The molecule has 1 aromatic heterocycles. The first-order valence-electron chi connectivity index (χ1n) is 6.05. The van der Waals surface area contributed by atoms with Crippen LogP contribution < -0.4 is 0 Å². The van der Waals surface area contributed by atoms with Crippen molar-refractivity contribution in [1.82, 2.24) is 14.8 Å². The highest BCUT2D eigenvalue weighted by molar-refractivity contribution is 7.14. The van der Waals surface area contributed by atoms with Crippen molar-refractivity contribution >= 4 is 34.9 Å². The number of carbonyl (C=O) groups excluding carboxylic acids is 2. The maximum Gasteiger partial charge on any atom is 0.410 e. The van der Waals surface area contributed by atoms with Gasteiger partial charge in [0.05, 0.1) is 12.6 Å². The van der Waals surface area contributed by atoms with Gasteiger partial charge in [-0.05, 0) is 0 Å². The van der Waals surface area contributed by atoms with Gasteiger partial charge in [0.1, 0.15) is 16.1 Å². The molecule has 6 nitrogen and oxygen atoms in total. The average Bonchev–Trinajstić information content (AvgIpc) is 3.06. The minimum Gasteiger partial charge on any atom is -0.442 e. The maximum absolute atomic E-state index is 12.7. The van der Waals surface area contributed by atoms with Gasteiger partial charge in [0.15, 0.2) is 5.01 Å². The Balaban J connectivity index is 1.76. The third-order valence-electron chi connectivity index (χ3n) is 3.55. The van der Waals surface area contributed by atoms with Gasteiger partial charge in [-0.2, -0.15) is 0 Å². The fourth-order valence-corrected chi connectivity index (χ4v) is 3.55. The number of thiazole rings is 1. The molecule has 2 saturated heterocycles. The molecule has 0 aliphatic carbocycles. The molecule has 0 aromatic carbocycles. The molecule has 2 atom stereocenters. The summed E-state index contributed by atoms with van der Waals surface area (Å²) in [6, 6.07) is -0.216. The molecule has 0 spiro atoms. The van der Waals surface area contributed by atoms with E-state index in [1.165, 1.54) is 9.80 Å². The van der Waals surface area contributed by atoms with Crippen LogP contribution >= 0.6 is 22.9 Å². The van der Waals surface area contributed by atoms with E-state index in [0.717, 1.165) is 0 Å². The van der Waals surface area contributed by atoms with Crippen molar-refractivity contribution in [2.75, 3.05) is 20.1 Å². The number of amides is 2. The van der Waals surface area contributed by atoms with Crippen molar-refractivity contribution in [2.24, 2.45) is 0 Å². The number of ether oxygens (including phenoxy) is 1. The number of carbonyl (C=O) groups is 2. The molecular weight excluding hydrogens is 328 g/mol. The normalized spacial score (nSPS) is 24.7. The van der Waals surface area contributed by atoms with Gasteiger partial charge in [0.25, 0.3) is 12.3 Å². The fourth-order valence-electron chi connectivity index (χ4n) is 2.43. The molecular formula is C11H10ClF2N3O3S. The Hall–Kier alpha value is -1.48. The summed E-state index contributed by atoms with van der Waals surface area (Å²) >= 11 is 6.19. The lowest BCUT2D eigenvalue weighted by atomic mass is 10.2. The van der Waals surface area contributed by atoms with Crippen molar-refractivity contribution in [3.63, 3.8) is 0 Å². The molecule has 0 unspecified atom stereocenters. The van der Waals surface area contributed by atoms with Crippen LogP contribution in [0.5, 0.6) is 0 Å². The summed E-state index contributed by atoms with van der Waals surface area (Å²) in [6.07, 6.45) is -3.58. The Labute approximate surface area is 127 Å². The number of alkyl halides is 2. The monoisotopic (exact) mass is 337 g/mol. The van der Waals surface area contributed by atoms with Crippen LogP contribution in [0.15, 0.2) is 0 Å². The fraction of sp³-hybridized carbons (Fsp3) is 0.545. The van der Waals surface area contributed by atoms with Crippen LogP contribution in [0.3, 0.4) is 0 Å². The van der Waals surface area contributed by atoms with E-state index in [1.54, 1.807) is 7.05 Å². The topological polar surface area (TPSA) is 62.7 Å². The molecule has 114 valence electrons. The summed E-state index contributed by atoms with van der Waals surface area (Å²) in [6.45, 7) is 0.508. The van der Waals surface area contributed by atoms with Gasteiger partial charge in [-0.25, -0.2) is 18.6 Å². The molecule has 3 heterocycles. The second kappa shape index (κ2) is 5.06. The minimum atomic E-state index is -2.76. The molecule has 21 heavy (non-hydrogen) atoms. The number of halogens is 3. The van der Waals surface area contributed by atoms with Crippen molar-refractivity contribution < 1.29 is 23.1 Å². The summed E-state index contributed by atoms with van der Waals surface area (Å²) in [5, 5.41) is -0.425. The highest BCUT2D eigenvalue weighted by atomic mass is 35.5. The number of likely N-dealkylation sites (N-methyl/N-ethyl adjacent to an activating group) is 1. The smallest absolute Gasteiger partial charge is 0.410 e. The van der Waals surface area contributed by atoms with Crippen LogP contribution in [0.25, 0.3) is 0 Å². The Morgan fingerprint density at radius 1 is 1.52 bits per heavy atom. The van der Waals surface area contributed by atoms with Crippen LogP contribution in [-0.4, -0.2) is 59.1 Å². The van der Waals surface area contributed by atoms with Gasteiger partial charge >= 0.3 is 6.09 Å². The first kappa shape index (κ1) is 14.5. The van der Waals surface area contributed by atoms with E-state index in [9.17, 15) is 18.4 Å². The standard InChI is InChI=1S/C11H10ClF2N3O3S/c1-16-4-2-17(3-5(4)20-11(16)19)10(18)9-15-7(12)6(21-9)8(13)14/h4-5,8H,2-3H2,1H3/t4-,5+/m1/s1. The third-order valence-corrected chi connectivity index (χ3v) is 5.00. The summed E-state index contributed by atoms with van der Waals surface area (Å²) in [4.78, 5) is 29.8. The highest BCUT2D eigenvalue weighted by Gasteiger charge is 2.47. The minimum absolute atomic E-state index is 0.0794. The van der Waals surface area contributed by atoms with E-state index in [4.69, 9.17) is 16.3 Å². The molecule has 2 aliphatic heterocycles. The lowest BCUT2D eigenvalue weighted by Gasteiger charge is -2.18. The zero-order chi connectivity index (χ0) is 15.3. The molecule has 1 aromatic rings. The molecule has 0 N–H and O–H groups in total. The Bertz CT molecular complexity index is 612. The zero-order valence-electron chi connectivity index (χ0n) is 10.8. The number of nitrogens with zero attached hydrogens (tertiary/aromatic N) is 3. The molecule has 2 fully saturated rings. The van der Waals surface area contributed by atoms with Crippen LogP contribution in [0, 0.1) is 0 Å². The first-order valence-corrected chi connectivity index (χ1v) is 7.25. The second-order valence-corrected chi connectivity index (χ2v) is 6.17. The SMILES string of the molecule is CN1C(=O)O[C@H]2CN(C(=O)c3nc(Cl)c(C(F)F)s3)C[C@H]21. The number of aromatic nitrogens is 1. The molecule has 0 bridgehead atoms. The summed E-state index contributed by atoms with van der Waals surface area (Å²) in [7, 11) is 1.59. The van der Waals surface area contributed by atoms with Gasteiger partial charge in [0.2, 0.25) is 0 Å². The van der Waals surface area contributed by atoms with Gasteiger partial charge in [-0.15, -0.1) is 11.3 Å². The molecule has 10 heteroatoms. The number of likely N-dealkylation sites (tertiary alicyclic amines) is 1. The van der Waals surface area contributed by atoms with E-state index >= 15 is 0 Å². The van der Waals surface area contributed by atoms with Crippen molar-refractivity contribution in [1.29, 1.82) is 0 Å². The Morgan fingerprint density at radius 2 is 2.24 bits per heavy atom. The summed E-state index contributed by atoms with van der Waals surface area (Å²) in [5.41, 5.74) is 0. The predicted octanol–water partition coefficient (Wildman–Crippen LogP) is 2.01. The quantitative estimate of drug-likeness (QED) is 0.828. The summed E-state index contributed by atoms with van der Waals surface area (Å²) in [5.74, 6) is -0.479. The van der Waals surface area contributed by atoms with E-state index in [2.05, 4.69) is 4.98 Å². The third kappa shape index (κ3) is 2.34. The van der Waals surface area contributed by atoms with Crippen LogP contribution in [0.4, 0.5) is 13.6 Å². The van der Waals surface area contributed by atoms with Gasteiger partial charge in [-0.3, -0.25) is 4.79 Å². The van der Waals surface area contributed by atoms with E-state index in [1.807, 2.05) is 0 Å². The highest BCUT2D eigenvalue weighted by Crippen LogP contribution is 2.34. The second-order valence-electron chi connectivity index (χ2n) is 4.79. The number of hydrogen-bond acceptors (Lipinski definition) is 5. The first-order chi connectivity index (χ1) is 9.88.